The minimum Gasteiger partial charge on any atom is -0.472 e. The van der Waals surface area contributed by atoms with Crippen LogP contribution in [0.25, 0.3) is 10.9 Å². The molecule has 0 saturated carbocycles. The minimum atomic E-state index is -3.87. The van der Waals surface area contributed by atoms with Crippen molar-refractivity contribution in [3.8, 4) is 5.88 Å². The van der Waals surface area contributed by atoms with Gasteiger partial charge in [0, 0.05) is 19.3 Å². The van der Waals surface area contributed by atoms with E-state index in [1.807, 2.05) is 11.8 Å². The van der Waals surface area contributed by atoms with Crippen LogP contribution in [0.5, 0.6) is 5.88 Å². The summed E-state index contributed by atoms with van der Waals surface area (Å²) in [5.41, 5.74) is -0.956. The van der Waals surface area contributed by atoms with Gasteiger partial charge in [0.25, 0.3) is 0 Å². The van der Waals surface area contributed by atoms with Gasteiger partial charge in [0.05, 0.1) is 12.1 Å². The summed E-state index contributed by atoms with van der Waals surface area (Å²) in [6.07, 6.45) is -0.0716. The Bertz CT molecular complexity index is 1250. The molecule has 2 aliphatic heterocycles. The smallest absolute Gasteiger partial charge is 0.410 e. The van der Waals surface area contributed by atoms with Crippen molar-refractivity contribution in [1.82, 2.24) is 19.9 Å². The second-order valence-corrected chi connectivity index (χ2v) is 11.5. The third-order valence-corrected chi connectivity index (χ3v) is 6.71. The number of hydrogen-bond acceptors (Lipinski definition) is 9. The van der Waals surface area contributed by atoms with E-state index in [1.54, 1.807) is 32.6 Å². The van der Waals surface area contributed by atoms with Gasteiger partial charge in [0.2, 0.25) is 20.9 Å². The molecule has 3 unspecified atom stereocenters. The molecular weight excluding hydrogens is 477 g/mol. The molecule has 2 aromatic rings. The number of aromatic nitrogens is 3. The predicted octanol–water partition coefficient (Wildman–Crippen LogP) is 2.82. The van der Waals surface area contributed by atoms with E-state index in [1.165, 1.54) is 0 Å². The van der Waals surface area contributed by atoms with Crippen LogP contribution in [-0.4, -0.2) is 77.5 Å². The lowest BCUT2D eigenvalue weighted by Gasteiger charge is -2.47. The van der Waals surface area contributed by atoms with Crippen molar-refractivity contribution in [2.24, 2.45) is 0 Å². The van der Waals surface area contributed by atoms with Crippen molar-refractivity contribution in [2.45, 2.75) is 63.6 Å². The van der Waals surface area contributed by atoms with E-state index < -0.39 is 55.8 Å². The van der Waals surface area contributed by atoms with Crippen molar-refractivity contribution >= 4 is 44.3 Å². The highest BCUT2D eigenvalue weighted by molar-refractivity contribution is 7.90. The van der Waals surface area contributed by atoms with Gasteiger partial charge in [-0.2, -0.15) is 4.98 Å². The maximum absolute atomic E-state index is 14.9. The van der Waals surface area contributed by atoms with E-state index in [4.69, 9.17) is 21.1 Å². The molecule has 1 amide bonds. The summed E-state index contributed by atoms with van der Waals surface area (Å²) in [5, 5.41) is -0.888. The lowest BCUT2D eigenvalue weighted by Crippen LogP contribution is -2.64. The number of nitrogens with zero attached hydrogens (tertiary/aromatic N) is 5. The van der Waals surface area contributed by atoms with Crippen molar-refractivity contribution in [3.63, 3.8) is 0 Å². The molecule has 1 saturated heterocycles. The molecule has 13 heteroatoms. The highest BCUT2D eigenvalue weighted by atomic mass is 35.5. The molecular formula is C20H25ClFN5O5S. The van der Waals surface area contributed by atoms with Crippen LogP contribution in [0.15, 0.2) is 5.16 Å². The van der Waals surface area contributed by atoms with Crippen LogP contribution >= 0.6 is 11.6 Å². The van der Waals surface area contributed by atoms with Gasteiger partial charge in [-0.3, -0.25) is 0 Å². The maximum Gasteiger partial charge on any atom is 0.410 e. The van der Waals surface area contributed by atoms with Crippen LogP contribution in [0.3, 0.4) is 0 Å². The zero-order valence-electron chi connectivity index (χ0n) is 19.1. The first kappa shape index (κ1) is 23.7. The van der Waals surface area contributed by atoms with Gasteiger partial charge in [0.1, 0.15) is 28.4 Å². The Kier molecular flexibility index (Phi) is 5.59. The largest absolute Gasteiger partial charge is 0.472 e. The highest BCUT2D eigenvalue weighted by Gasteiger charge is 2.45. The number of piperazine rings is 1. The van der Waals surface area contributed by atoms with Crippen LogP contribution in [-0.2, 0) is 14.6 Å². The fourth-order valence-corrected chi connectivity index (χ4v) is 4.94. The van der Waals surface area contributed by atoms with E-state index in [9.17, 15) is 17.6 Å². The molecule has 0 aliphatic carbocycles. The Labute approximate surface area is 196 Å². The lowest BCUT2D eigenvalue weighted by atomic mass is 9.98. The molecule has 0 spiro atoms. The lowest BCUT2D eigenvalue weighted by molar-refractivity contribution is 0.00451. The summed E-state index contributed by atoms with van der Waals surface area (Å²) < 4.78 is 51.1. The molecule has 0 bridgehead atoms. The van der Waals surface area contributed by atoms with Crippen LogP contribution < -0.4 is 9.64 Å². The molecule has 10 nitrogen and oxygen atoms in total. The van der Waals surface area contributed by atoms with Crippen molar-refractivity contribution in [3.05, 3.63) is 11.0 Å². The zero-order chi connectivity index (χ0) is 24.5. The first-order chi connectivity index (χ1) is 15.2. The van der Waals surface area contributed by atoms with Gasteiger partial charge in [-0.1, -0.05) is 11.6 Å². The third-order valence-electron chi connectivity index (χ3n) is 5.61. The Morgan fingerprint density at radius 1 is 1.21 bits per heavy atom. The molecule has 0 N–H and O–H groups in total. The van der Waals surface area contributed by atoms with Crippen LogP contribution in [0.2, 0.25) is 5.15 Å². The van der Waals surface area contributed by atoms with Gasteiger partial charge >= 0.3 is 6.09 Å². The number of fused-ring (bicyclic) bond motifs is 2. The van der Waals surface area contributed by atoms with Crippen LogP contribution in [0.4, 0.5) is 15.0 Å². The molecule has 33 heavy (non-hydrogen) atoms. The Morgan fingerprint density at radius 3 is 2.48 bits per heavy atom. The number of amides is 1. The first-order valence-electron chi connectivity index (χ1n) is 10.4. The van der Waals surface area contributed by atoms with Crippen LogP contribution in [0, 0.1) is 5.82 Å². The second kappa shape index (κ2) is 7.79. The average molecular weight is 502 g/mol. The molecule has 3 atom stereocenters. The van der Waals surface area contributed by atoms with E-state index in [-0.39, 0.29) is 35.7 Å². The number of rotatable bonds is 1. The first-order valence-corrected chi connectivity index (χ1v) is 12.7. The van der Waals surface area contributed by atoms with E-state index in [2.05, 4.69) is 15.0 Å². The molecule has 2 aliphatic rings. The Hall–Kier alpha value is -2.47. The van der Waals surface area contributed by atoms with Gasteiger partial charge in [-0.25, -0.2) is 27.6 Å². The number of carbonyl (C=O) groups excluding carboxylic acids is 1. The van der Waals surface area contributed by atoms with Gasteiger partial charge in [-0.15, -0.1) is 0 Å². The molecule has 1 fully saturated rings. The fourth-order valence-electron chi connectivity index (χ4n) is 4.27. The van der Waals surface area contributed by atoms with E-state index >= 15 is 0 Å². The van der Waals surface area contributed by atoms with Crippen molar-refractivity contribution < 1.29 is 27.1 Å². The number of halogens is 2. The van der Waals surface area contributed by atoms with Gasteiger partial charge in [-0.05, 0) is 34.6 Å². The van der Waals surface area contributed by atoms with Crippen molar-refractivity contribution in [2.75, 3.05) is 24.2 Å². The number of ether oxygens (including phenoxy) is 2. The molecule has 0 aromatic carbocycles. The maximum atomic E-state index is 14.9. The highest BCUT2D eigenvalue weighted by Crippen LogP contribution is 2.41. The van der Waals surface area contributed by atoms with Crippen LogP contribution in [0.1, 0.15) is 34.6 Å². The molecule has 4 heterocycles. The van der Waals surface area contributed by atoms with Gasteiger partial charge in [0.15, 0.2) is 11.0 Å². The predicted molar refractivity (Wildman–Crippen MR) is 119 cm³/mol. The normalized spacial score (nSPS) is 23.1. The number of sulfone groups is 1. The zero-order valence-corrected chi connectivity index (χ0v) is 20.7. The number of anilines is 1. The number of carbonyl (C=O) groups is 1. The third kappa shape index (κ3) is 4.14. The number of pyridine rings is 1. The number of hydrogen-bond donors (Lipinski definition) is 0. The SMILES string of the molecule is CC1Oc2nc(Cl)c(F)c3nc(S(C)(=O)=O)nc(c23)N2CCN(C(=O)OC(C)(C)C)C(C)C12. The standard InChI is InChI=1S/C20H25ClFN5O5S/c1-9-14-10(2)31-17-11-13(12(22)15(21)24-17)23-18(33(6,29)30)25-16(11)27(14)8-7-26(9)19(28)32-20(3,4)5/h9-10,14H,7-8H2,1-6H3. The van der Waals surface area contributed by atoms with Gasteiger partial charge < -0.3 is 19.3 Å². The topological polar surface area (TPSA) is 115 Å². The Morgan fingerprint density at radius 2 is 1.88 bits per heavy atom. The van der Waals surface area contributed by atoms with Crippen molar-refractivity contribution in [1.29, 1.82) is 0 Å². The summed E-state index contributed by atoms with van der Waals surface area (Å²) >= 11 is 5.96. The molecule has 2 aromatic heterocycles. The Balaban J connectivity index is 1.88. The summed E-state index contributed by atoms with van der Waals surface area (Å²) in [4.78, 5) is 28.5. The molecule has 180 valence electrons. The summed E-state index contributed by atoms with van der Waals surface area (Å²) in [6, 6.07) is -0.877. The fraction of sp³-hybridized carbons (Fsp3) is 0.600. The van der Waals surface area contributed by atoms with E-state index in [0.29, 0.717) is 0 Å². The monoisotopic (exact) mass is 501 g/mol. The average Bonchev–Trinajstić information content (AvgIpc) is 2.79. The van der Waals surface area contributed by atoms with E-state index in [0.717, 1.165) is 6.26 Å². The molecule has 0 radical (unpaired) electrons. The summed E-state index contributed by atoms with van der Waals surface area (Å²) in [5.74, 6) is -0.785. The summed E-state index contributed by atoms with van der Waals surface area (Å²) in [6.45, 7) is 9.54. The molecule has 4 rings (SSSR count). The summed E-state index contributed by atoms with van der Waals surface area (Å²) in [7, 11) is -3.87. The second-order valence-electron chi connectivity index (χ2n) is 9.27. The quantitative estimate of drug-likeness (QED) is 0.429. The minimum absolute atomic E-state index is 0.00405.